The van der Waals surface area contributed by atoms with Gasteiger partial charge in [0.15, 0.2) is 10.9 Å². The molecule has 2 aromatic carbocycles. The number of rotatable bonds is 6. The summed E-state index contributed by atoms with van der Waals surface area (Å²) in [6.07, 6.45) is 0. The number of nitrogens with one attached hydrogen (secondary N) is 3. The largest absolute Gasteiger partial charge is 0.325 e. The predicted octanol–water partition coefficient (Wildman–Crippen LogP) is 4.49. The van der Waals surface area contributed by atoms with Crippen LogP contribution in [0.1, 0.15) is 30.5 Å². The molecule has 8 nitrogen and oxygen atoms in total. The lowest BCUT2D eigenvalue weighted by Crippen LogP contribution is -2.24. The number of benzene rings is 2. The second-order valence-electron chi connectivity index (χ2n) is 7.71. The molecule has 1 aromatic heterocycles. The Balaban J connectivity index is 1.81. The third kappa shape index (κ3) is 6.00. The fourth-order valence-electron chi connectivity index (χ4n) is 3.18. The smallest absolute Gasteiger partial charge is 0.278 e. The van der Waals surface area contributed by atoms with E-state index in [0.717, 1.165) is 28.5 Å². The van der Waals surface area contributed by atoms with Gasteiger partial charge in [-0.05, 0) is 57.0 Å². The zero-order chi connectivity index (χ0) is 24.3. The summed E-state index contributed by atoms with van der Waals surface area (Å²) < 4.78 is 0. The molecule has 10 heteroatoms. The molecule has 1 unspecified atom stereocenters. The second kappa shape index (κ2) is 10.2. The first-order valence-corrected chi connectivity index (χ1v) is 11.4. The summed E-state index contributed by atoms with van der Waals surface area (Å²) in [6.45, 7) is 8.71. The fourth-order valence-corrected chi connectivity index (χ4v) is 4.10. The first kappa shape index (κ1) is 24.5. The molecule has 1 heterocycles. The van der Waals surface area contributed by atoms with E-state index < -0.39 is 10.8 Å². The Hall–Kier alpha value is -3.17. The Morgan fingerprint density at radius 1 is 1.06 bits per heavy atom. The van der Waals surface area contributed by atoms with Gasteiger partial charge in [0.25, 0.3) is 5.56 Å². The number of H-pyrrole nitrogens is 1. The molecule has 172 valence electrons. The van der Waals surface area contributed by atoms with Crippen LogP contribution < -0.4 is 16.2 Å². The van der Waals surface area contributed by atoms with Crippen molar-refractivity contribution in [1.29, 1.82) is 0 Å². The van der Waals surface area contributed by atoms with Crippen LogP contribution in [-0.4, -0.2) is 32.2 Å². The van der Waals surface area contributed by atoms with Crippen LogP contribution in [0, 0.1) is 20.8 Å². The lowest BCUT2D eigenvalue weighted by molar-refractivity contribution is -0.115. The highest BCUT2D eigenvalue weighted by atomic mass is 35.5. The van der Waals surface area contributed by atoms with Crippen molar-refractivity contribution in [2.24, 2.45) is 0 Å². The fraction of sp³-hybridized carbons (Fsp3) is 0.261. The molecular formula is C23H24ClN5O3S. The number of hydrogen-bond donors (Lipinski definition) is 3. The molecule has 3 aromatic rings. The molecule has 0 radical (unpaired) electrons. The maximum Gasteiger partial charge on any atom is 0.278 e. The Kier molecular flexibility index (Phi) is 7.55. The maximum atomic E-state index is 12.8. The van der Waals surface area contributed by atoms with Gasteiger partial charge in [-0.1, -0.05) is 41.1 Å². The van der Waals surface area contributed by atoms with Gasteiger partial charge >= 0.3 is 0 Å². The Labute approximate surface area is 200 Å². The first-order valence-electron chi connectivity index (χ1n) is 10.1. The SMILES string of the molecule is CC(=O)Nc1c(C)cc(C)cc1-c1nnc(SC(C)C(=O)Nc2ccc(C)c(Cl)c2)[nH]c1=O. The van der Waals surface area contributed by atoms with Crippen LogP contribution in [0.5, 0.6) is 0 Å². The molecular weight excluding hydrogens is 462 g/mol. The zero-order valence-corrected chi connectivity index (χ0v) is 20.4. The molecule has 2 amide bonds. The Morgan fingerprint density at radius 3 is 2.42 bits per heavy atom. The van der Waals surface area contributed by atoms with Crippen LogP contribution in [0.2, 0.25) is 5.02 Å². The lowest BCUT2D eigenvalue weighted by Gasteiger charge is -2.14. The Bertz CT molecular complexity index is 1290. The van der Waals surface area contributed by atoms with Crippen molar-refractivity contribution < 1.29 is 9.59 Å². The topological polar surface area (TPSA) is 117 Å². The van der Waals surface area contributed by atoms with Crippen LogP contribution in [0.4, 0.5) is 11.4 Å². The van der Waals surface area contributed by atoms with Gasteiger partial charge in [0.1, 0.15) is 0 Å². The minimum Gasteiger partial charge on any atom is -0.325 e. The maximum absolute atomic E-state index is 12.8. The summed E-state index contributed by atoms with van der Waals surface area (Å²) in [6, 6.07) is 8.94. The van der Waals surface area contributed by atoms with Crippen LogP contribution >= 0.6 is 23.4 Å². The normalized spacial score (nSPS) is 11.7. The van der Waals surface area contributed by atoms with Crippen molar-refractivity contribution >= 4 is 46.6 Å². The molecule has 0 bridgehead atoms. The van der Waals surface area contributed by atoms with Crippen LogP contribution in [0.15, 0.2) is 40.3 Å². The number of thioether (sulfide) groups is 1. The van der Waals surface area contributed by atoms with Crippen molar-refractivity contribution in [3.63, 3.8) is 0 Å². The number of amides is 2. The van der Waals surface area contributed by atoms with Crippen molar-refractivity contribution in [1.82, 2.24) is 15.2 Å². The van der Waals surface area contributed by atoms with Crippen molar-refractivity contribution in [3.05, 3.63) is 62.4 Å². The summed E-state index contributed by atoms with van der Waals surface area (Å²) in [5.41, 5.74) is 3.82. The molecule has 0 aliphatic heterocycles. The van der Waals surface area contributed by atoms with Crippen LogP contribution in [-0.2, 0) is 9.59 Å². The highest BCUT2D eigenvalue weighted by molar-refractivity contribution is 8.00. The monoisotopic (exact) mass is 485 g/mol. The van der Waals surface area contributed by atoms with E-state index in [9.17, 15) is 14.4 Å². The molecule has 0 spiro atoms. The van der Waals surface area contributed by atoms with E-state index in [-0.39, 0.29) is 22.7 Å². The summed E-state index contributed by atoms with van der Waals surface area (Å²) >= 11 is 7.18. The van der Waals surface area contributed by atoms with Crippen LogP contribution in [0.3, 0.4) is 0 Å². The van der Waals surface area contributed by atoms with E-state index in [1.54, 1.807) is 25.1 Å². The predicted molar refractivity (Wildman–Crippen MR) is 132 cm³/mol. The minimum absolute atomic E-state index is 0.0845. The number of aromatic nitrogens is 3. The number of carbonyl (C=O) groups is 2. The summed E-state index contributed by atoms with van der Waals surface area (Å²) in [7, 11) is 0. The highest BCUT2D eigenvalue weighted by Gasteiger charge is 2.19. The van der Waals surface area contributed by atoms with E-state index in [1.807, 2.05) is 32.9 Å². The number of anilines is 2. The summed E-state index contributed by atoms with van der Waals surface area (Å²) in [5, 5.41) is 14.0. The number of aromatic amines is 1. The lowest BCUT2D eigenvalue weighted by atomic mass is 10.0. The molecule has 0 aliphatic rings. The molecule has 33 heavy (non-hydrogen) atoms. The molecule has 3 N–H and O–H groups in total. The molecule has 0 saturated carbocycles. The van der Waals surface area contributed by atoms with Gasteiger partial charge in [-0.2, -0.15) is 0 Å². The third-order valence-corrected chi connectivity index (χ3v) is 6.19. The van der Waals surface area contributed by atoms with Crippen LogP contribution in [0.25, 0.3) is 11.3 Å². The average Bonchev–Trinajstić information content (AvgIpc) is 2.72. The summed E-state index contributed by atoms with van der Waals surface area (Å²) in [5.74, 6) is -0.525. The highest BCUT2D eigenvalue weighted by Crippen LogP contribution is 2.30. The van der Waals surface area contributed by atoms with Gasteiger partial charge in [-0.15, -0.1) is 10.2 Å². The molecule has 1 atom stereocenters. The average molecular weight is 486 g/mol. The first-order chi connectivity index (χ1) is 15.5. The van der Waals surface area contributed by atoms with Gasteiger partial charge in [0, 0.05) is 23.2 Å². The van der Waals surface area contributed by atoms with E-state index in [4.69, 9.17) is 11.6 Å². The third-order valence-electron chi connectivity index (χ3n) is 4.81. The quantitative estimate of drug-likeness (QED) is 0.443. The molecule has 0 fully saturated rings. The van der Waals surface area contributed by atoms with E-state index in [1.165, 1.54) is 6.92 Å². The van der Waals surface area contributed by atoms with Gasteiger partial charge in [-0.25, -0.2) is 0 Å². The number of halogens is 1. The van der Waals surface area contributed by atoms with Gasteiger partial charge < -0.3 is 10.6 Å². The number of aryl methyl sites for hydroxylation is 3. The number of nitrogens with zero attached hydrogens (tertiary/aromatic N) is 2. The zero-order valence-electron chi connectivity index (χ0n) is 18.9. The van der Waals surface area contributed by atoms with E-state index >= 15 is 0 Å². The minimum atomic E-state index is -0.558. The molecule has 0 aliphatic carbocycles. The van der Waals surface area contributed by atoms with Crippen molar-refractivity contribution in [2.75, 3.05) is 10.6 Å². The summed E-state index contributed by atoms with van der Waals surface area (Å²) in [4.78, 5) is 39.7. The van der Waals surface area contributed by atoms with Crippen molar-refractivity contribution in [3.8, 4) is 11.3 Å². The van der Waals surface area contributed by atoms with Crippen molar-refractivity contribution in [2.45, 2.75) is 45.0 Å². The van der Waals surface area contributed by atoms with E-state index in [2.05, 4.69) is 25.8 Å². The number of carbonyl (C=O) groups excluding carboxylic acids is 2. The number of hydrogen-bond acceptors (Lipinski definition) is 6. The van der Waals surface area contributed by atoms with Gasteiger partial charge in [-0.3, -0.25) is 19.4 Å². The van der Waals surface area contributed by atoms with Gasteiger partial charge in [0.2, 0.25) is 11.8 Å². The molecule has 3 rings (SSSR count). The standard InChI is InChI=1S/C23H24ClN5O3S/c1-11-8-13(3)19(25-15(5)30)17(9-11)20-22(32)27-23(29-28-20)33-14(4)21(31)26-16-7-6-12(2)18(24)10-16/h6-10,14H,1-5H3,(H,25,30)(H,26,31)(H,27,29,32). The second-order valence-corrected chi connectivity index (χ2v) is 9.44. The van der Waals surface area contributed by atoms with E-state index in [0.29, 0.717) is 22.0 Å². The van der Waals surface area contributed by atoms with Gasteiger partial charge in [0.05, 0.1) is 10.9 Å². The Morgan fingerprint density at radius 2 is 1.79 bits per heavy atom. The molecule has 0 saturated heterocycles.